The lowest BCUT2D eigenvalue weighted by Gasteiger charge is -2.08. The van der Waals surface area contributed by atoms with Crippen molar-refractivity contribution in [1.82, 2.24) is 10.6 Å². The largest absolute Gasteiger partial charge is 0.484 e. The first-order chi connectivity index (χ1) is 9.76. The summed E-state index contributed by atoms with van der Waals surface area (Å²) in [5, 5.41) is 14.0. The zero-order chi connectivity index (χ0) is 14.6. The van der Waals surface area contributed by atoms with Crippen molar-refractivity contribution < 1.29 is 14.3 Å². The van der Waals surface area contributed by atoms with Crippen LogP contribution in [0.4, 0.5) is 0 Å². The van der Waals surface area contributed by atoms with Gasteiger partial charge in [0.2, 0.25) is 0 Å². The van der Waals surface area contributed by atoms with Crippen LogP contribution in [0, 0.1) is 11.3 Å². The molecule has 1 amide bonds. The second-order valence-electron chi connectivity index (χ2n) is 4.04. The molecule has 0 bridgehead atoms. The predicted molar refractivity (Wildman–Crippen MR) is 74.1 cm³/mol. The molecule has 0 heterocycles. The number of nitrogens with zero attached hydrogens (tertiary/aromatic N) is 1. The van der Waals surface area contributed by atoms with E-state index in [-0.39, 0.29) is 19.1 Å². The zero-order valence-corrected chi connectivity index (χ0v) is 11.5. The lowest BCUT2D eigenvalue weighted by Crippen LogP contribution is -2.29. The van der Waals surface area contributed by atoms with Crippen LogP contribution in [-0.2, 0) is 16.1 Å². The Morgan fingerprint density at radius 3 is 3.05 bits per heavy atom. The van der Waals surface area contributed by atoms with Crippen LogP contribution in [0.2, 0.25) is 0 Å². The van der Waals surface area contributed by atoms with E-state index in [0.717, 1.165) is 12.1 Å². The smallest absolute Gasteiger partial charge is 0.258 e. The van der Waals surface area contributed by atoms with Crippen molar-refractivity contribution in [3.63, 3.8) is 0 Å². The molecule has 0 aliphatic rings. The number of carbonyl (C=O) groups excluding carboxylic acids is 1. The number of methoxy groups -OCH3 is 1. The van der Waals surface area contributed by atoms with E-state index in [4.69, 9.17) is 14.7 Å². The molecule has 0 saturated heterocycles. The third kappa shape index (κ3) is 6.73. The minimum absolute atomic E-state index is 0.00828. The summed E-state index contributed by atoms with van der Waals surface area (Å²) in [5.41, 5.74) is 1.07. The third-order valence-corrected chi connectivity index (χ3v) is 2.45. The molecule has 1 aromatic carbocycles. The van der Waals surface area contributed by atoms with Gasteiger partial charge in [0, 0.05) is 20.2 Å². The number of rotatable bonds is 9. The van der Waals surface area contributed by atoms with Gasteiger partial charge in [-0.1, -0.05) is 12.1 Å². The van der Waals surface area contributed by atoms with Crippen molar-refractivity contribution in [3.05, 3.63) is 29.8 Å². The molecule has 0 aliphatic carbocycles. The fraction of sp³-hybridized carbons (Fsp3) is 0.429. The maximum absolute atomic E-state index is 11.3. The van der Waals surface area contributed by atoms with Crippen LogP contribution in [0.15, 0.2) is 24.3 Å². The molecular formula is C14H19N3O3. The number of carbonyl (C=O) groups is 1. The molecule has 0 unspecified atom stereocenters. The van der Waals surface area contributed by atoms with Crippen molar-refractivity contribution in [1.29, 1.82) is 5.26 Å². The summed E-state index contributed by atoms with van der Waals surface area (Å²) in [5.74, 6) is 0.318. The quantitative estimate of drug-likeness (QED) is 0.505. The number of benzene rings is 1. The standard InChI is InChI=1S/C14H19N3O3/c1-19-8-7-16-10-12-3-2-4-13(9-12)20-11-14(18)17-6-5-15/h2-4,9,16H,6-8,10-11H2,1H3,(H,17,18). The third-order valence-electron chi connectivity index (χ3n) is 2.45. The molecule has 0 aliphatic heterocycles. The Labute approximate surface area is 118 Å². The summed E-state index contributed by atoms with van der Waals surface area (Å²) in [4.78, 5) is 11.3. The summed E-state index contributed by atoms with van der Waals surface area (Å²) in [6.45, 7) is 2.04. The number of nitrogens with one attached hydrogen (secondary N) is 2. The number of hydrogen-bond acceptors (Lipinski definition) is 5. The molecule has 2 N–H and O–H groups in total. The maximum Gasteiger partial charge on any atom is 0.258 e. The highest BCUT2D eigenvalue weighted by Gasteiger charge is 2.02. The number of hydrogen-bond donors (Lipinski definition) is 2. The summed E-state index contributed by atoms with van der Waals surface area (Å²) in [7, 11) is 1.66. The molecular weight excluding hydrogens is 258 g/mol. The van der Waals surface area contributed by atoms with E-state index in [9.17, 15) is 4.79 Å². The van der Waals surface area contributed by atoms with Gasteiger partial charge < -0.3 is 20.1 Å². The molecule has 1 rings (SSSR count). The highest BCUT2D eigenvalue weighted by atomic mass is 16.5. The molecule has 0 spiro atoms. The molecule has 6 nitrogen and oxygen atoms in total. The Morgan fingerprint density at radius 1 is 1.45 bits per heavy atom. The Balaban J connectivity index is 2.35. The Bertz CT molecular complexity index is 457. The second-order valence-corrected chi connectivity index (χ2v) is 4.04. The maximum atomic E-state index is 11.3. The van der Waals surface area contributed by atoms with E-state index in [0.29, 0.717) is 18.9 Å². The highest BCUT2D eigenvalue weighted by molar-refractivity contribution is 5.77. The van der Waals surface area contributed by atoms with Crippen LogP contribution in [-0.4, -0.2) is 39.3 Å². The fourth-order valence-electron chi connectivity index (χ4n) is 1.49. The Kier molecular flexibility index (Phi) is 7.80. The fourth-order valence-corrected chi connectivity index (χ4v) is 1.49. The SMILES string of the molecule is COCCNCc1cccc(OCC(=O)NCC#N)c1. The molecule has 6 heteroatoms. The zero-order valence-electron chi connectivity index (χ0n) is 11.5. The minimum Gasteiger partial charge on any atom is -0.484 e. The molecule has 20 heavy (non-hydrogen) atoms. The first-order valence-electron chi connectivity index (χ1n) is 6.31. The van der Waals surface area contributed by atoms with Gasteiger partial charge in [0.15, 0.2) is 6.61 Å². The van der Waals surface area contributed by atoms with E-state index in [1.807, 2.05) is 24.3 Å². The van der Waals surface area contributed by atoms with Crippen molar-refractivity contribution in [3.8, 4) is 11.8 Å². The Hall–Kier alpha value is -2.10. The van der Waals surface area contributed by atoms with Gasteiger partial charge >= 0.3 is 0 Å². The van der Waals surface area contributed by atoms with Crippen LogP contribution >= 0.6 is 0 Å². The van der Waals surface area contributed by atoms with Crippen LogP contribution in [0.3, 0.4) is 0 Å². The van der Waals surface area contributed by atoms with Gasteiger partial charge in [-0.2, -0.15) is 5.26 Å². The van der Waals surface area contributed by atoms with E-state index in [1.165, 1.54) is 0 Å². The molecule has 108 valence electrons. The first kappa shape index (κ1) is 16.0. The van der Waals surface area contributed by atoms with Gasteiger partial charge in [-0.3, -0.25) is 4.79 Å². The van der Waals surface area contributed by atoms with Crippen molar-refractivity contribution in [2.75, 3.05) is 33.4 Å². The van der Waals surface area contributed by atoms with Gasteiger partial charge in [0.05, 0.1) is 12.7 Å². The van der Waals surface area contributed by atoms with Crippen LogP contribution in [0.1, 0.15) is 5.56 Å². The molecule has 1 aromatic rings. The van der Waals surface area contributed by atoms with Gasteiger partial charge in [-0.25, -0.2) is 0 Å². The van der Waals surface area contributed by atoms with E-state index < -0.39 is 0 Å². The van der Waals surface area contributed by atoms with E-state index in [2.05, 4.69) is 10.6 Å². The molecule has 0 radical (unpaired) electrons. The molecule has 0 saturated carbocycles. The monoisotopic (exact) mass is 277 g/mol. The second kappa shape index (κ2) is 9.78. The minimum atomic E-state index is -0.310. The van der Waals surface area contributed by atoms with Crippen LogP contribution < -0.4 is 15.4 Å². The number of nitriles is 1. The van der Waals surface area contributed by atoms with Crippen molar-refractivity contribution in [2.45, 2.75) is 6.54 Å². The lowest BCUT2D eigenvalue weighted by atomic mass is 10.2. The normalized spacial score (nSPS) is 9.80. The summed E-state index contributed by atoms with van der Waals surface area (Å²) in [6.07, 6.45) is 0. The summed E-state index contributed by atoms with van der Waals surface area (Å²) >= 11 is 0. The van der Waals surface area contributed by atoms with E-state index in [1.54, 1.807) is 13.2 Å². The van der Waals surface area contributed by atoms with Gasteiger partial charge in [-0.05, 0) is 17.7 Å². The average Bonchev–Trinajstić information content (AvgIpc) is 2.48. The lowest BCUT2D eigenvalue weighted by molar-refractivity contribution is -0.122. The summed E-state index contributed by atoms with van der Waals surface area (Å²) in [6, 6.07) is 9.34. The van der Waals surface area contributed by atoms with Crippen molar-refractivity contribution in [2.24, 2.45) is 0 Å². The van der Waals surface area contributed by atoms with Crippen molar-refractivity contribution >= 4 is 5.91 Å². The Morgan fingerprint density at radius 2 is 2.30 bits per heavy atom. The summed E-state index contributed by atoms with van der Waals surface area (Å²) < 4.78 is 10.3. The van der Waals surface area contributed by atoms with Gasteiger partial charge in [-0.15, -0.1) is 0 Å². The molecule has 0 fully saturated rings. The highest BCUT2D eigenvalue weighted by Crippen LogP contribution is 2.12. The van der Waals surface area contributed by atoms with Gasteiger partial charge in [0.25, 0.3) is 5.91 Å². The van der Waals surface area contributed by atoms with Crippen LogP contribution in [0.5, 0.6) is 5.75 Å². The first-order valence-corrected chi connectivity index (χ1v) is 6.31. The topological polar surface area (TPSA) is 83.4 Å². The van der Waals surface area contributed by atoms with Gasteiger partial charge in [0.1, 0.15) is 12.3 Å². The predicted octanol–water partition coefficient (Wildman–Crippen LogP) is 0.441. The number of ether oxygens (including phenoxy) is 2. The van der Waals surface area contributed by atoms with Crippen LogP contribution in [0.25, 0.3) is 0 Å². The average molecular weight is 277 g/mol. The number of amides is 1. The molecule has 0 atom stereocenters. The van der Waals surface area contributed by atoms with E-state index >= 15 is 0 Å². The molecule has 0 aromatic heterocycles.